The summed E-state index contributed by atoms with van der Waals surface area (Å²) in [5.74, 6) is 0.00626. The van der Waals surface area contributed by atoms with E-state index in [2.05, 4.69) is 57.2 Å². The molecule has 0 spiro atoms. The highest BCUT2D eigenvalue weighted by Gasteiger charge is 2.15. The molecule has 3 aromatic rings. The van der Waals surface area contributed by atoms with Crippen LogP contribution in [0.25, 0.3) is 5.52 Å². The average Bonchev–Trinajstić information content (AvgIpc) is 2.86. The molecule has 0 atom stereocenters. The predicted octanol–water partition coefficient (Wildman–Crippen LogP) is 2.30. The fraction of sp³-hybridized carbons (Fsp3) is 0. The third-order valence-corrected chi connectivity index (χ3v) is 3.44. The van der Waals surface area contributed by atoms with Crippen LogP contribution in [-0.2, 0) is 0 Å². The van der Waals surface area contributed by atoms with Crippen molar-refractivity contribution in [3.8, 4) is 0 Å². The van der Waals surface area contributed by atoms with Crippen molar-refractivity contribution in [1.82, 2.24) is 24.6 Å². The summed E-state index contributed by atoms with van der Waals surface area (Å²) in [6.07, 6.45) is 7.81. The molecule has 0 saturated heterocycles. The summed E-state index contributed by atoms with van der Waals surface area (Å²) in [5, 5.41) is 6.75. The maximum atomic E-state index is 12.2. The zero-order valence-corrected chi connectivity index (χ0v) is 13.0. The molecule has 0 fully saturated rings. The average molecular weight is 398 g/mol. The Morgan fingerprint density at radius 3 is 2.90 bits per heavy atom. The van der Waals surface area contributed by atoms with Crippen molar-refractivity contribution in [2.45, 2.75) is 0 Å². The van der Waals surface area contributed by atoms with Crippen LogP contribution in [0.2, 0.25) is 0 Å². The molecule has 9 heteroatoms. The molecule has 0 aliphatic heterocycles. The molecule has 1 amide bonds. The van der Waals surface area contributed by atoms with Crippen LogP contribution in [0.1, 0.15) is 10.4 Å². The third kappa shape index (κ3) is 2.41. The summed E-state index contributed by atoms with van der Waals surface area (Å²) >= 11 is 6.43. The highest BCUT2D eigenvalue weighted by Crippen LogP contribution is 2.20. The molecule has 100 valence electrons. The Morgan fingerprint density at radius 1 is 1.25 bits per heavy atom. The van der Waals surface area contributed by atoms with Gasteiger partial charge < -0.3 is 5.32 Å². The van der Waals surface area contributed by atoms with Crippen molar-refractivity contribution in [2.75, 3.05) is 5.32 Å². The van der Waals surface area contributed by atoms with Crippen molar-refractivity contribution in [1.29, 1.82) is 0 Å². The van der Waals surface area contributed by atoms with Crippen molar-refractivity contribution in [3.05, 3.63) is 45.8 Å². The molecule has 0 bridgehead atoms. The van der Waals surface area contributed by atoms with Crippen LogP contribution < -0.4 is 5.32 Å². The number of anilines is 1. The lowest BCUT2D eigenvalue weighted by Gasteiger charge is -2.04. The second-order valence-electron chi connectivity index (χ2n) is 3.75. The van der Waals surface area contributed by atoms with E-state index in [1.54, 1.807) is 23.1 Å². The standard InChI is InChI=1S/C11H6Br2N6O/c12-8-5-15-10(9(13)17-8)18-11(20)6-3-16-19-2-1-14-4-7(6)19/h1-5H,(H,15,18,20). The van der Waals surface area contributed by atoms with Gasteiger partial charge in [-0.15, -0.1) is 0 Å². The first-order valence-corrected chi connectivity index (χ1v) is 7.00. The number of rotatable bonds is 2. The van der Waals surface area contributed by atoms with Gasteiger partial charge in [0.05, 0.1) is 29.7 Å². The normalized spacial score (nSPS) is 10.7. The molecule has 0 aliphatic carbocycles. The van der Waals surface area contributed by atoms with Crippen LogP contribution in [0.5, 0.6) is 0 Å². The van der Waals surface area contributed by atoms with Gasteiger partial charge in [0, 0.05) is 12.4 Å². The summed E-state index contributed by atoms with van der Waals surface area (Å²) in [6, 6.07) is 0. The van der Waals surface area contributed by atoms with Crippen LogP contribution in [0.15, 0.2) is 40.2 Å². The van der Waals surface area contributed by atoms with Crippen LogP contribution in [-0.4, -0.2) is 30.5 Å². The summed E-state index contributed by atoms with van der Waals surface area (Å²) in [5.41, 5.74) is 1.03. The molecule has 0 aromatic carbocycles. The second-order valence-corrected chi connectivity index (χ2v) is 5.31. The van der Waals surface area contributed by atoms with Gasteiger partial charge in [0.1, 0.15) is 9.21 Å². The molecule has 3 rings (SSSR count). The molecular weight excluding hydrogens is 392 g/mol. The van der Waals surface area contributed by atoms with E-state index in [9.17, 15) is 4.79 Å². The maximum Gasteiger partial charge on any atom is 0.260 e. The molecule has 3 aromatic heterocycles. The van der Waals surface area contributed by atoms with Gasteiger partial charge in [0.2, 0.25) is 0 Å². The minimum absolute atomic E-state index is 0.328. The van der Waals surface area contributed by atoms with Crippen LogP contribution in [0.3, 0.4) is 0 Å². The molecule has 1 N–H and O–H groups in total. The number of hydrogen-bond acceptors (Lipinski definition) is 5. The molecule has 20 heavy (non-hydrogen) atoms. The van der Waals surface area contributed by atoms with Gasteiger partial charge in [-0.05, 0) is 31.9 Å². The summed E-state index contributed by atoms with van der Waals surface area (Å²) in [4.78, 5) is 24.4. The molecule has 0 aliphatic rings. The minimum atomic E-state index is -0.328. The smallest absolute Gasteiger partial charge is 0.260 e. The Labute approximate surface area is 129 Å². The van der Waals surface area contributed by atoms with E-state index in [0.717, 1.165) is 0 Å². The monoisotopic (exact) mass is 396 g/mol. The summed E-state index contributed by atoms with van der Waals surface area (Å²) < 4.78 is 2.59. The fourth-order valence-electron chi connectivity index (χ4n) is 1.61. The van der Waals surface area contributed by atoms with Gasteiger partial charge in [-0.25, -0.2) is 14.5 Å². The largest absolute Gasteiger partial charge is 0.304 e. The zero-order chi connectivity index (χ0) is 14.1. The van der Waals surface area contributed by atoms with Gasteiger partial charge in [-0.3, -0.25) is 9.78 Å². The highest BCUT2D eigenvalue weighted by molar-refractivity contribution is 9.11. The SMILES string of the molecule is O=C(Nc1ncc(Br)nc1Br)c1cnn2ccncc12. The van der Waals surface area contributed by atoms with E-state index < -0.39 is 0 Å². The maximum absolute atomic E-state index is 12.2. The van der Waals surface area contributed by atoms with E-state index in [-0.39, 0.29) is 5.91 Å². The lowest BCUT2D eigenvalue weighted by Crippen LogP contribution is -2.13. The van der Waals surface area contributed by atoms with E-state index in [1.807, 2.05) is 0 Å². The number of fused-ring (bicyclic) bond motifs is 1. The van der Waals surface area contributed by atoms with Gasteiger partial charge in [0.15, 0.2) is 5.82 Å². The lowest BCUT2D eigenvalue weighted by molar-refractivity contribution is 0.102. The Hall–Kier alpha value is -1.87. The fourth-order valence-corrected chi connectivity index (χ4v) is 2.52. The number of halogens is 2. The van der Waals surface area contributed by atoms with Crippen molar-refractivity contribution in [2.24, 2.45) is 0 Å². The first-order chi connectivity index (χ1) is 9.65. The molecule has 0 unspecified atom stereocenters. The Morgan fingerprint density at radius 2 is 2.10 bits per heavy atom. The van der Waals surface area contributed by atoms with Crippen molar-refractivity contribution >= 4 is 49.1 Å². The first-order valence-electron chi connectivity index (χ1n) is 5.42. The number of nitrogens with zero attached hydrogens (tertiary/aromatic N) is 5. The first kappa shape index (κ1) is 13.1. The third-order valence-electron chi connectivity index (χ3n) is 2.50. The van der Waals surface area contributed by atoms with Crippen molar-refractivity contribution in [3.63, 3.8) is 0 Å². The topological polar surface area (TPSA) is 85.1 Å². The molecule has 7 nitrogen and oxygen atoms in total. The number of hydrogen-bond donors (Lipinski definition) is 1. The number of carbonyl (C=O) groups is 1. The minimum Gasteiger partial charge on any atom is -0.304 e. The number of aromatic nitrogens is 5. The Kier molecular flexibility index (Phi) is 3.45. The number of carbonyl (C=O) groups excluding carboxylic acids is 1. The predicted molar refractivity (Wildman–Crippen MR) is 78.4 cm³/mol. The van der Waals surface area contributed by atoms with Gasteiger partial charge in [-0.2, -0.15) is 5.10 Å². The number of amides is 1. The Balaban J connectivity index is 1.93. The summed E-state index contributed by atoms with van der Waals surface area (Å²) in [7, 11) is 0. The van der Waals surface area contributed by atoms with E-state index >= 15 is 0 Å². The van der Waals surface area contributed by atoms with Crippen LogP contribution in [0, 0.1) is 0 Å². The van der Waals surface area contributed by atoms with E-state index in [0.29, 0.717) is 26.1 Å². The van der Waals surface area contributed by atoms with Gasteiger partial charge in [-0.1, -0.05) is 0 Å². The molecule has 0 radical (unpaired) electrons. The van der Waals surface area contributed by atoms with Gasteiger partial charge >= 0.3 is 0 Å². The quantitative estimate of drug-likeness (QED) is 0.717. The number of nitrogens with one attached hydrogen (secondary N) is 1. The molecule has 0 saturated carbocycles. The van der Waals surface area contributed by atoms with E-state index in [1.165, 1.54) is 12.4 Å². The lowest BCUT2D eigenvalue weighted by atomic mass is 10.3. The molecule has 3 heterocycles. The zero-order valence-electron chi connectivity index (χ0n) is 9.79. The van der Waals surface area contributed by atoms with E-state index in [4.69, 9.17) is 0 Å². The van der Waals surface area contributed by atoms with Gasteiger partial charge in [0.25, 0.3) is 5.91 Å². The second kappa shape index (κ2) is 5.25. The molecular formula is C11H6Br2N6O. The Bertz CT molecular complexity index is 802. The highest BCUT2D eigenvalue weighted by atomic mass is 79.9. The van der Waals surface area contributed by atoms with Crippen molar-refractivity contribution < 1.29 is 4.79 Å². The van der Waals surface area contributed by atoms with Crippen LogP contribution >= 0.6 is 31.9 Å². The van der Waals surface area contributed by atoms with Crippen LogP contribution in [0.4, 0.5) is 5.82 Å². The summed E-state index contributed by atoms with van der Waals surface area (Å²) in [6.45, 7) is 0.